The fourth-order valence-corrected chi connectivity index (χ4v) is 3.33. The van der Waals surface area contributed by atoms with Crippen LogP contribution in [0.15, 0.2) is 0 Å². The second-order valence-electron chi connectivity index (χ2n) is 6.98. The first-order valence-corrected chi connectivity index (χ1v) is 10.5. The van der Waals surface area contributed by atoms with Crippen molar-refractivity contribution in [1.82, 2.24) is 4.84 Å². The molecule has 2 nitrogen and oxygen atoms in total. The maximum atomic E-state index is 11.9. The highest BCUT2D eigenvalue weighted by molar-refractivity contribution is 6.21. The van der Waals surface area contributed by atoms with E-state index in [-0.39, 0.29) is 11.8 Å². The summed E-state index contributed by atoms with van der Waals surface area (Å²) in [7, 11) is 0. The standard InChI is InChI=1S/C20H40ClNO/c1-3-5-7-9-11-13-15-17-19(20(23)22-21)18-16-14-12-10-8-6-4-2/h19H,3-18H2,1-2H3,(H,22,23). The van der Waals surface area contributed by atoms with Crippen LogP contribution in [0.2, 0.25) is 0 Å². The SMILES string of the molecule is CCCCCCCCCC(CCCCCCCCC)C(=O)NCl. The van der Waals surface area contributed by atoms with Crippen molar-refractivity contribution in [3.8, 4) is 0 Å². The van der Waals surface area contributed by atoms with Gasteiger partial charge in [0.15, 0.2) is 0 Å². The summed E-state index contributed by atoms with van der Waals surface area (Å²) in [6.45, 7) is 4.50. The minimum absolute atomic E-state index is 0.0311. The molecule has 23 heavy (non-hydrogen) atoms. The molecule has 0 heterocycles. The lowest BCUT2D eigenvalue weighted by atomic mass is 9.93. The van der Waals surface area contributed by atoms with Gasteiger partial charge >= 0.3 is 0 Å². The van der Waals surface area contributed by atoms with Crippen LogP contribution in [0.3, 0.4) is 0 Å². The average molecular weight is 346 g/mol. The average Bonchev–Trinajstić information content (AvgIpc) is 2.57. The summed E-state index contributed by atoms with van der Waals surface area (Å²) in [5.41, 5.74) is 0. The second-order valence-corrected chi connectivity index (χ2v) is 7.16. The molecule has 0 aliphatic carbocycles. The van der Waals surface area contributed by atoms with Crippen LogP contribution in [0.4, 0.5) is 0 Å². The monoisotopic (exact) mass is 345 g/mol. The number of hydrogen-bond donors (Lipinski definition) is 1. The number of nitrogens with one attached hydrogen (secondary N) is 1. The first kappa shape index (κ1) is 22.8. The highest BCUT2D eigenvalue weighted by Crippen LogP contribution is 2.20. The summed E-state index contributed by atoms with van der Waals surface area (Å²) >= 11 is 5.54. The summed E-state index contributed by atoms with van der Waals surface area (Å²) < 4.78 is 0. The molecule has 0 aromatic rings. The van der Waals surface area contributed by atoms with Gasteiger partial charge in [0.25, 0.3) is 0 Å². The smallest absolute Gasteiger partial charge is 0.237 e. The molecule has 0 spiro atoms. The molecule has 1 N–H and O–H groups in total. The van der Waals surface area contributed by atoms with E-state index in [2.05, 4.69) is 18.7 Å². The number of halogens is 1. The number of carbonyl (C=O) groups is 1. The Morgan fingerprint density at radius 3 is 1.39 bits per heavy atom. The summed E-state index contributed by atoms with van der Waals surface area (Å²) in [5, 5.41) is 0. The van der Waals surface area contributed by atoms with Crippen LogP contribution in [0.25, 0.3) is 0 Å². The molecule has 0 bridgehead atoms. The number of carbonyl (C=O) groups excluding carboxylic acids is 1. The van der Waals surface area contributed by atoms with Crippen molar-refractivity contribution >= 4 is 17.7 Å². The number of unbranched alkanes of at least 4 members (excludes halogenated alkanes) is 12. The van der Waals surface area contributed by atoms with E-state index in [1.54, 1.807) is 0 Å². The third-order valence-corrected chi connectivity index (χ3v) is 4.96. The van der Waals surface area contributed by atoms with Crippen molar-refractivity contribution in [1.29, 1.82) is 0 Å². The van der Waals surface area contributed by atoms with Gasteiger partial charge in [-0.2, -0.15) is 0 Å². The second kappa shape index (κ2) is 18.1. The first-order chi connectivity index (χ1) is 11.3. The van der Waals surface area contributed by atoms with Gasteiger partial charge < -0.3 is 0 Å². The molecule has 0 aliphatic rings. The van der Waals surface area contributed by atoms with E-state index < -0.39 is 0 Å². The number of hydrogen-bond acceptors (Lipinski definition) is 1. The maximum absolute atomic E-state index is 11.9. The molecule has 0 fully saturated rings. The van der Waals surface area contributed by atoms with E-state index in [9.17, 15) is 4.79 Å². The minimum atomic E-state index is 0.0311. The Bertz CT molecular complexity index is 240. The molecule has 0 rings (SSSR count). The van der Waals surface area contributed by atoms with Crippen LogP contribution in [0.1, 0.15) is 117 Å². The van der Waals surface area contributed by atoms with Gasteiger partial charge in [-0.3, -0.25) is 9.63 Å². The topological polar surface area (TPSA) is 29.1 Å². The summed E-state index contributed by atoms with van der Waals surface area (Å²) in [6, 6.07) is 0. The van der Waals surface area contributed by atoms with Crippen molar-refractivity contribution in [2.45, 2.75) is 117 Å². The third-order valence-electron chi connectivity index (χ3n) is 4.78. The lowest BCUT2D eigenvalue weighted by molar-refractivity contribution is -0.123. The number of amides is 1. The normalized spacial score (nSPS) is 11.1. The molecular formula is C20H40ClNO. The zero-order valence-corrected chi connectivity index (χ0v) is 16.4. The molecule has 138 valence electrons. The molecule has 0 aliphatic heterocycles. The quantitative estimate of drug-likeness (QED) is 0.220. The van der Waals surface area contributed by atoms with Gasteiger partial charge in [0, 0.05) is 17.7 Å². The minimum Gasteiger partial charge on any atom is -0.273 e. The van der Waals surface area contributed by atoms with Crippen LogP contribution in [-0.2, 0) is 4.79 Å². The van der Waals surface area contributed by atoms with Crippen LogP contribution >= 0.6 is 11.8 Å². The molecule has 0 radical (unpaired) electrons. The van der Waals surface area contributed by atoms with Crippen molar-refractivity contribution in [3.63, 3.8) is 0 Å². The van der Waals surface area contributed by atoms with Gasteiger partial charge in [0.1, 0.15) is 0 Å². The lowest BCUT2D eigenvalue weighted by Crippen LogP contribution is -2.23. The summed E-state index contributed by atoms with van der Waals surface area (Å²) in [6.07, 6.45) is 20.2. The van der Waals surface area contributed by atoms with E-state index in [1.807, 2.05) is 0 Å². The Morgan fingerprint density at radius 1 is 0.696 bits per heavy atom. The Morgan fingerprint density at radius 2 is 1.04 bits per heavy atom. The molecule has 1 amide bonds. The van der Waals surface area contributed by atoms with E-state index in [0.717, 1.165) is 25.7 Å². The lowest BCUT2D eigenvalue weighted by Gasteiger charge is -2.14. The molecule has 0 aromatic carbocycles. The first-order valence-electron chi connectivity index (χ1n) is 10.2. The van der Waals surface area contributed by atoms with Gasteiger partial charge in [-0.25, -0.2) is 0 Å². The summed E-state index contributed by atoms with van der Waals surface area (Å²) in [5.74, 6) is 0.155. The fourth-order valence-electron chi connectivity index (χ4n) is 3.18. The number of rotatable bonds is 17. The Kier molecular flexibility index (Phi) is 17.9. The molecule has 0 aromatic heterocycles. The molecule has 0 unspecified atom stereocenters. The van der Waals surface area contributed by atoms with Crippen LogP contribution in [-0.4, -0.2) is 5.91 Å². The highest BCUT2D eigenvalue weighted by atomic mass is 35.5. The fraction of sp³-hybridized carbons (Fsp3) is 0.950. The van der Waals surface area contributed by atoms with Gasteiger partial charge in [0.2, 0.25) is 5.91 Å². The zero-order chi connectivity index (χ0) is 17.2. The Balaban J connectivity index is 3.67. The Labute approximate surface area is 150 Å². The predicted octanol–water partition coefficient (Wildman–Crippen LogP) is 7.15. The molecule has 3 heteroatoms. The molecule has 0 saturated heterocycles. The molecule has 0 saturated carbocycles. The van der Waals surface area contributed by atoms with Gasteiger partial charge in [-0.05, 0) is 12.8 Å². The molecular weight excluding hydrogens is 306 g/mol. The van der Waals surface area contributed by atoms with E-state index in [0.29, 0.717) is 0 Å². The zero-order valence-electron chi connectivity index (χ0n) is 15.7. The van der Waals surface area contributed by atoms with E-state index in [4.69, 9.17) is 11.8 Å². The summed E-state index contributed by atoms with van der Waals surface area (Å²) in [4.78, 5) is 14.2. The van der Waals surface area contributed by atoms with Gasteiger partial charge in [-0.15, -0.1) is 0 Å². The Hall–Kier alpha value is -0.240. The predicted molar refractivity (Wildman–Crippen MR) is 103 cm³/mol. The van der Waals surface area contributed by atoms with Crippen molar-refractivity contribution in [3.05, 3.63) is 0 Å². The van der Waals surface area contributed by atoms with Crippen LogP contribution < -0.4 is 4.84 Å². The largest absolute Gasteiger partial charge is 0.273 e. The van der Waals surface area contributed by atoms with Gasteiger partial charge in [-0.1, -0.05) is 104 Å². The van der Waals surface area contributed by atoms with E-state index >= 15 is 0 Å². The van der Waals surface area contributed by atoms with Crippen molar-refractivity contribution in [2.75, 3.05) is 0 Å². The van der Waals surface area contributed by atoms with Crippen LogP contribution in [0.5, 0.6) is 0 Å². The van der Waals surface area contributed by atoms with E-state index in [1.165, 1.54) is 77.0 Å². The van der Waals surface area contributed by atoms with Gasteiger partial charge in [0.05, 0.1) is 0 Å². The van der Waals surface area contributed by atoms with Crippen LogP contribution in [0, 0.1) is 5.92 Å². The maximum Gasteiger partial charge on any atom is 0.237 e. The highest BCUT2D eigenvalue weighted by Gasteiger charge is 2.16. The molecule has 0 atom stereocenters. The van der Waals surface area contributed by atoms with Crippen molar-refractivity contribution < 1.29 is 4.79 Å². The van der Waals surface area contributed by atoms with Crippen molar-refractivity contribution in [2.24, 2.45) is 5.92 Å². The third kappa shape index (κ3) is 15.1.